The molecular weight excluding hydrogens is 376 g/mol. The molecule has 1 N–H and O–H groups in total. The minimum Gasteiger partial charge on any atom is -0.420 e. The summed E-state index contributed by atoms with van der Waals surface area (Å²) in [5, 5.41) is 14.1. The maximum absolute atomic E-state index is 10.9. The smallest absolute Gasteiger partial charge is 0.269 e. The summed E-state index contributed by atoms with van der Waals surface area (Å²) in [5.41, 5.74) is 2.14. The molecule has 0 radical (unpaired) electrons. The molecule has 4 rings (SSSR count). The Labute approximate surface area is 167 Å². The van der Waals surface area contributed by atoms with Crippen LogP contribution in [-0.2, 0) is 0 Å². The highest BCUT2D eigenvalue weighted by Crippen LogP contribution is 2.32. The fourth-order valence-corrected chi connectivity index (χ4v) is 3.41. The predicted molar refractivity (Wildman–Crippen MR) is 112 cm³/mol. The molecule has 2 heterocycles. The van der Waals surface area contributed by atoms with E-state index < -0.39 is 4.92 Å². The Hall–Kier alpha value is -3.26. The van der Waals surface area contributed by atoms with E-state index in [1.54, 1.807) is 12.1 Å². The lowest BCUT2D eigenvalue weighted by atomic mass is 10.2. The van der Waals surface area contributed by atoms with E-state index in [4.69, 9.17) is 16.6 Å². The lowest BCUT2D eigenvalue weighted by Crippen LogP contribution is -2.21. The zero-order chi connectivity index (χ0) is 19.5. The van der Waals surface area contributed by atoms with Gasteiger partial charge in [0.1, 0.15) is 4.99 Å². The fourth-order valence-electron chi connectivity index (χ4n) is 3.16. The number of benzene rings is 2. The standard InChI is InChI=1S/C20H18N4O3S/c25-24(26)16-10-8-14(9-11-16)18-22-17(20(27-18)23-12-4-5-13-23)19(28)21-15-6-2-1-3-7-15/h1-3,6-11H,4-5,12-13H2,(H,21,28). The Bertz CT molecular complexity index is 996. The quantitative estimate of drug-likeness (QED) is 0.383. The van der Waals surface area contributed by atoms with Crippen molar-refractivity contribution in [3.05, 3.63) is 70.4 Å². The van der Waals surface area contributed by atoms with Gasteiger partial charge >= 0.3 is 0 Å². The second-order valence-electron chi connectivity index (χ2n) is 6.49. The van der Waals surface area contributed by atoms with E-state index in [9.17, 15) is 10.1 Å². The molecule has 8 heteroatoms. The predicted octanol–water partition coefficient (Wildman–Crippen LogP) is 4.64. The fraction of sp³-hybridized carbons (Fsp3) is 0.200. The molecule has 1 aliphatic rings. The van der Waals surface area contributed by atoms with Gasteiger partial charge in [0.05, 0.1) is 4.92 Å². The molecular formula is C20H18N4O3S. The third-order valence-corrected chi connectivity index (χ3v) is 4.87. The van der Waals surface area contributed by atoms with Gasteiger partial charge in [-0.15, -0.1) is 0 Å². The highest BCUT2D eigenvalue weighted by Gasteiger charge is 2.25. The van der Waals surface area contributed by atoms with E-state index in [1.165, 1.54) is 12.1 Å². The van der Waals surface area contributed by atoms with Gasteiger partial charge in [-0.05, 0) is 37.1 Å². The molecule has 0 amide bonds. The molecule has 7 nitrogen and oxygen atoms in total. The van der Waals surface area contributed by atoms with Crippen LogP contribution in [0.15, 0.2) is 59.0 Å². The highest BCUT2D eigenvalue weighted by molar-refractivity contribution is 7.81. The summed E-state index contributed by atoms with van der Waals surface area (Å²) >= 11 is 5.59. The van der Waals surface area contributed by atoms with Gasteiger partial charge in [0.25, 0.3) is 5.69 Å². The number of non-ortho nitro benzene ring substituents is 1. The lowest BCUT2D eigenvalue weighted by Gasteiger charge is -2.15. The maximum Gasteiger partial charge on any atom is 0.269 e. The normalized spacial score (nSPS) is 13.5. The second kappa shape index (κ2) is 7.77. The van der Waals surface area contributed by atoms with Crippen LogP contribution in [0.1, 0.15) is 18.5 Å². The molecule has 3 aromatic rings. The summed E-state index contributed by atoms with van der Waals surface area (Å²) in [6.45, 7) is 1.77. The van der Waals surface area contributed by atoms with E-state index in [-0.39, 0.29) is 5.69 Å². The van der Waals surface area contributed by atoms with Gasteiger partial charge in [0, 0.05) is 36.5 Å². The van der Waals surface area contributed by atoms with Crippen LogP contribution in [-0.4, -0.2) is 28.0 Å². The number of nitro groups is 1. The Morgan fingerprint density at radius 3 is 2.43 bits per heavy atom. The largest absolute Gasteiger partial charge is 0.420 e. The Balaban J connectivity index is 1.68. The van der Waals surface area contributed by atoms with Crippen molar-refractivity contribution in [2.24, 2.45) is 0 Å². The number of anilines is 2. The lowest BCUT2D eigenvalue weighted by molar-refractivity contribution is -0.384. The SMILES string of the molecule is O=[N+]([O-])c1ccc(-c2nc(C(=S)Nc3ccccc3)c(N3CCCC3)o2)cc1. The topological polar surface area (TPSA) is 84.4 Å². The minimum absolute atomic E-state index is 0.0246. The number of nitrogens with zero attached hydrogens (tertiary/aromatic N) is 3. The minimum atomic E-state index is -0.431. The number of thiocarbonyl (C=S) groups is 1. The summed E-state index contributed by atoms with van der Waals surface area (Å²) in [5.74, 6) is 1.03. The molecule has 28 heavy (non-hydrogen) atoms. The van der Waals surface area contributed by atoms with Crippen LogP contribution >= 0.6 is 12.2 Å². The number of oxazole rings is 1. The first kappa shape index (κ1) is 18.1. The van der Waals surface area contributed by atoms with Crippen molar-refractivity contribution < 1.29 is 9.34 Å². The van der Waals surface area contributed by atoms with Crippen LogP contribution in [0.3, 0.4) is 0 Å². The number of nitro benzene ring substituents is 1. The number of aromatic nitrogens is 1. The van der Waals surface area contributed by atoms with Gasteiger partial charge in [-0.1, -0.05) is 30.4 Å². The molecule has 1 saturated heterocycles. The third-order valence-electron chi connectivity index (χ3n) is 4.57. The Morgan fingerprint density at radius 2 is 1.79 bits per heavy atom. The molecule has 0 atom stereocenters. The van der Waals surface area contributed by atoms with Crippen LogP contribution in [0.4, 0.5) is 17.3 Å². The van der Waals surface area contributed by atoms with Crippen LogP contribution in [0, 0.1) is 10.1 Å². The summed E-state index contributed by atoms with van der Waals surface area (Å²) in [4.78, 5) is 17.7. The van der Waals surface area contributed by atoms with Crippen molar-refractivity contribution in [2.75, 3.05) is 23.3 Å². The summed E-state index contributed by atoms with van der Waals surface area (Å²) in [6, 6.07) is 15.8. The molecule has 1 aliphatic heterocycles. The van der Waals surface area contributed by atoms with Crippen molar-refractivity contribution in [1.82, 2.24) is 4.98 Å². The summed E-state index contributed by atoms with van der Waals surface area (Å²) < 4.78 is 6.06. The van der Waals surface area contributed by atoms with E-state index in [0.29, 0.717) is 28.0 Å². The zero-order valence-electron chi connectivity index (χ0n) is 15.0. The monoisotopic (exact) mass is 394 g/mol. The van der Waals surface area contributed by atoms with E-state index >= 15 is 0 Å². The van der Waals surface area contributed by atoms with E-state index in [1.807, 2.05) is 30.3 Å². The van der Waals surface area contributed by atoms with Gasteiger partial charge in [0.2, 0.25) is 11.8 Å². The van der Waals surface area contributed by atoms with Gasteiger partial charge in [-0.25, -0.2) is 4.98 Å². The third kappa shape index (κ3) is 3.72. The first-order valence-corrected chi connectivity index (χ1v) is 9.39. The molecule has 0 bridgehead atoms. The van der Waals surface area contributed by atoms with Crippen molar-refractivity contribution >= 4 is 34.5 Å². The number of para-hydroxylation sites is 1. The maximum atomic E-state index is 10.9. The van der Waals surface area contributed by atoms with Crippen molar-refractivity contribution in [1.29, 1.82) is 0 Å². The first-order chi connectivity index (χ1) is 13.6. The molecule has 0 unspecified atom stereocenters. The molecule has 2 aromatic carbocycles. The van der Waals surface area contributed by atoms with Crippen LogP contribution in [0.2, 0.25) is 0 Å². The van der Waals surface area contributed by atoms with E-state index in [2.05, 4.69) is 15.2 Å². The molecule has 142 valence electrons. The van der Waals surface area contributed by atoms with Crippen molar-refractivity contribution in [2.45, 2.75) is 12.8 Å². The molecule has 0 aliphatic carbocycles. The Kier molecular flexibility index (Phi) is 5.03. The average molecular weight is 394 g/mol. The second-order valence-corrected chi connectivity index (χ2v) is 6.90. The van der Waals surface area contributed by atoms with E-state index in [0.717, 1.165) is 31.6 Å². The highest BCUT2D eigenvalue weighted by atomic mass is 32.1. The average Bonchev–Trinajstić information content (AvgIpc) is 3.38. The van der Waals surface area contributed by atoms with Gasteiger partial charge in [-0.2, -0.15) is 0 Å². The van der Waals surface area contributed by atoms with Gasteiger partial charge < -0.3 is 14.6 Å². The molecule has 1 fully saturated rings. The molecule has 0 spiro atoms. The van der Waals surface area contributed by atoms with Crippen LogP contribution < -0.4 is 10.2 Å². The van der Waals surface area contributed by atoms with Crippen molar-refractivity contribution in [3.8, 4) is 11.5 Å². The summed E-state index contributed by atoms with van der Waals surface area (Å²) in [7, 11) is 0. The number of hydrogen-bond donors (Lipinski definition) is 1. The van der Waals surface area contributed by atoms with Crippen LogP contribution in [0.25, 0.3) is 11.5 Å². The van der Waals surface area contributed by atoms with Crippen LogP contribution in [0.5, 0.6) is 0 Å². The number of rotatable bonds is 5. The number of nitrogens with one attached hydrogen (secondary N) is 1. The van der Waals surface area contributed by atoms with Crippen molar-refractivity contribution in [3.63, 3.8) is 0 Å². The zero-order valence-corrected chi connectivity index (χ0v) is 15.8. The first-order valence-electron chi connectivity index (χ1n) is 8.99. The number of hydrogen-bond acceptors (Lipinski definition) is 6. The molecule has 1 aromatic heterocycles. The van der Waals surface area contributed by atoms with Gasteiger partial charge in [-0.3, -0.25) is 10.1 Å². The summed E-state index contributed by atoms with van der Waals surface area (Å²) in [6.07, 6.45) is 2.18. The van der Waals surface area contributed by atoms with Gasteiger partial charge in [0.15, 0.2) is 5.69 Å². The Morgan fingerprint density at radius 1 is 1.11 bits per heavy atom. The molecule has 0 saturated carbocycles.